The molecule has 1 amide bonds. The smallest absolute Gasteiger partial charge is 0.355 e. The Morgan fingerprint density at radius 1 is 1.31 bits per heavy atom. The zero-order valence-corrected chi connectivity index (χ0v) is 9.07. The van der Waals surface area contributed by atoms with Crippen LogP contribution in [0, 0.1) is 5.92 Å². The Morgan fingerprint density at radius 3 is 2.50 bits per heavy atom. The molecule has 0 unspecified atom stereocenters. The molecule has 1 rings (SSSR count). The first kappa shape index (κ1) is 13.3. The molecule has 0 radical (unpaired) electrons. The van der Waals surface area contributed by atoms with Crippen molar-refractivity contribution >= 4 is 5.91 Å². The van der Waals surface area contributed by atoms with Crippen LogP contribution in [0.1, 0.15) is 25.7 Å². The third-order valence-electron chi connectivity index (χ3n) is 2.71. The molecule has 2 N–H and O–H groups in total. The molecule has 3 nitrogen and oxygen atoms in total. The third-order valence-corrected chi connectivity index (χ3v) is 2.71. The number of alkyl halides is 3. The quantitative estimate of drug-likeness (QED) is 0.735. The molecule has 1 aliphatic carbocycles. The van der Waals surface area contributed by atoms with E-state index in [1.165, 1.54) is 19.3 Å². The second-order valence-corrected chi connectivity index (χ2v) is 4.15. The molecule has 94 valence electrons. The van der Waals surface area contributed by atoms with Gasteiger partial charge in [0.2, 0.25) is 5.91 Å². The molecule has 0 bridgehead atoms. The lowest BCUT2D eigenvalue weighted by molar-refractivity contribution is -0.128. The summed E-state index contributed by atoms with van der Waals surface area (Å²) in [7, 11) is 0. The molecule has 0 spiro atoms. The number of hydrogen-bond donors (Lipinski definition) is 2. The van der Waals surface area contributed by atoms with Gasteiger partial charge in [0, 0.05) is 6.54 Å². The maximum Gasteiger partial charge on any atom is 0.401 e. The van der Waals surface area contributed by atoms with E-state index in [1.54, 1.807) is 0 Å². The highest BCUT2D eigenvalue weighted by molar-refractivity contribution is 5.77. The van der Waals surface area contributed by atoms with E-state index in [9.17, 15) is 18.0 Å². The summed E-state index contributed by atoms with van der Waals surface area (Å²) in [5.74, 6) is 0.326. The van der Waals surface area contributed by atoms with Crippen LogP contribution >= 0.6 is 0 Å². The van der Waals surface area contributed by atoms with Gasteiger partial charge in [0.05, 0.1) is 13.1 Å². The molecule has 0 aliphatic heterocycles. The maximum atomic E-state index is 11.7. The van der Waals surface area contributed by atoms with Crippen LogP contribution in [-0.2, 0) is 4.79 Å². The van der Waals surface area contributed by atoms with Gasteiger partial charge < -0.3 is 10.6 Å². The van der Waals surface area contributed by atoms with Gasteiger partial charge in [-0.25, -0.2) is 0 Å². The zero-order chi connectivity index (χ0) is 12.0. The minimum atomic E-state index is -4.26. The van der Waals surface area contributed by atoms with E-state index in [4.69, 9.17) is 0 Å². The van der Waals surface area contributed by atoms with Gasteiger partial charge in [-0.3, -0.25) is 4.79 Å². The summed E-state index contributed by atoms with van der Waals surface area (Å²) in [6.07, 6.45) is 0.355. The molecule has 1 aliphatic rings. The molecule has 6 heteroatoms. The summed E-state index contributed by atoms with van der Waals surface area (Å²) in [4.78, 5) is 11.1. The molecule has 0 saturated heterocycles. The summed E-state index contributed by atoms with van der Waals surface area (Å²) in [5, 5.41) is 4.65. The lowest BCUT2D eigenvalue weighted by Gasteiger charge is -2.25. The summed E-state index contributed by atoms with van der Waals surface area (Å²) in [6, 6.07) is 0. The van der Waals surface area contributed by atoms with Gasteiger partial charge >= 0.3 is 6.18 Å². The number of nitrogens with one attached hydrogen (secondary N) is 2. The van der Waals surface area contributed by atoms with Crippen LogP contribution in [0.25, 0.3) is 0 Å². The van der Waals surface area contributed by atoms with E-state index in [0.717, 1.165) is 6.42 Å². The molecule has 16 heavy (non-hydrogen) atoms. The number of carbonyl (C=O) groups is 1. The second-order valence-electron chi connectivity index (χ2n) is 4.15. The highest BCUT2D eigenvalue weighted by atomic mass is 19.4. The number of amides is 1. The van der Waals surface area contributed by atoms with E-state index in [-0.39, 0.29) is 12.5 Å². The molecule has 0 heterocycles. The van der Waals surface area contributed by atoms with Crippen molar-refractivity contribution in [3.63, 3.8) is 0 Å². The topological polar surface area (TPSA) is 41.1 Å². The maximum absolute atomic E-state index is 11.7. The van der Waals surface area contributed by atoms with E-state index in [2.05, 4.69) is 10.6 Å². The van der Waals surface area contributed by atoms with Crippen molar-refractivity contribution in [2.24, 2.45) is 5.92 Å². The van der Waals surface area contributed by atoms with Crippen LogP contribution in [0.2, 0.25) is 0 Å². The van der Waals surface area contributed by atoms with Crippen molar-refractivity contribution in [1.82, 2.24) is 10.6 Å². The SMILES string of the molecule is O=C(CNCC(F)(F)F)NCCC1CCC1. The van der Waals surface area contributed by atoms with Crippen molar-refractivity contribution < 1.29 is 18.0 Å². The van der Waals surface area contributed by atoms with E-state index in [0.29, 0.717) is 12.5 Å². The Kier molecular flexibility index (Phi) is 5.05. The van der Waals surface area contributed by atoms with Gasteiger partial charge in [0.15, 0.2) is 0 Å². The highest BCUT2D eigenvalue weighted by Crippen LogP contribution is 2.28. The first-order chi connectivity index (χ1) is 7.47. The van der Waals surface area contributed by atoms with Gasteiger partial charge in [0.25, 0.3) is 0 Å². The van der Waals surface area contributed by atoms with E-state index >= 15 is 0 Å². The Balaban J connectivity index is 1.93. The predicted octanol–water partition coefficient (Wildman–Crippen LogP) is 1.44. The fourth-order valence-corrected chi connectivity index (χ4v) is 1.58. The van der Waals surface area contributed by atoms with Crippen molar-refractivity contribution in [2.45, 2.75) is 31.9 Å². The molecular weight excluding hydrogens is 221 g/mol. The molecule has 0 aromatic rings. The Hall–Kier alpha value is -0.780. The molecule has 1 fully saturated rings. The summed E-state index contributed by atoms with van der Waals surface area (Å²) in [5.41, 5.74) is 0. The van der Waals surface area contributed by atoms with Crippen LogP contribution in [0.3, 0.4) is 0 Å². The summed E-state index contributed by atoms with van der Waals surface area (Å²) in [6.45, 7) is -0.829. The minimum absolute atomic E-state index is 0.274. The first-order valence-corrected chi connectivity index (χ1v) is 5.51. The molecular formula is C10H17F3N2O. The molecule has 0 atom stereocenters. The standard InChI is InChI=1S/C10H17F3N2O/c11-10(12,13)7-14-6-9(16)15-5-4-8-2-1-3-8/h8,14H,1-7H2,(H,15,16). The van der Waals surface area contributed by atoms with Gasteiger partial charge in [-0.1, -0.05) is 19.3 Å². The fraction of sp³-hybridized carbons (Fsp3) is 0.900. The highest BCUT2D eigenvalue weighted by Gasteiger charge is 2.26. The third kappa shape index (κ3) is 5.95. The van der Waals surface area contributed by atoms with Crippen molar-refractivity contribution in [3.8, 4) is 0 Å². The Labute approximate surface area is 92.8 Å². The first-order valence-electron chi connectivity index (χ1n) is 5.51. The van der Waals surface area contributed by atoms with Gasteiger partial charge in [0.1, 0.15) is 0 Å². The minimum Gasteiger partial charge on any atom is -0.355 e. The van der Waals surface area contributed by atoms with Gasteiger partial charge in [-0.15, -0.1) is 0 Å². The van der Waals surface area contributed by atoms with E-state index in [1.807, 2.05) is 0 Å². The van der Waals surface area contributed by atoms with Crippen molar-refractivity contribution in [2.75, 3.05) is 19.6 Å². The van der Waals surface area contributed by atoms with Crippen LogP contribution in [0.4, 0.5) is 13.2 Å². The Bertz CT molecular complexity index is 227. The van der Waals surface area contributed by atoms with Gasteiger partial charge in [-0.2, -0.15) is 13.2 Å². The van der Waals surface area contributed by atoms with Crippen LogP contribution in [-0.4, -0.2) is 31.7 Å². The lowest BCUT2D eigenvalue weighted by Crippen LogP contribution is -2.39. The fourth-order valence-electron chi connectivity index (χ4n) is 1.58. The van der Waals surface area contributed by atoms with Gasteiger partial charge in [-0.05, 0) is 12.3 Å². The van der Waals surface area contributed by atoms with Crippen molar-refractivity contribution in [1.29, 1.82) is 0 Å². The molecule has 0 aromatic heterocycles. The van der Waals surface area contributed by atoms with Crippen LogP contribution in [0.5, 0.6) is 0 Å². The normalized spacial score (nSPS) is 16.9. The van der Waals surface area contributed by atoms with Crippen molar-refractivity contribution in [3.05, 3.63) is 0 Å². The second kappa shape index (κ2) is 6.08. The Morgan fingerprint density at radius 2 is 2.00 bits per heavy atom. The summed E-state index contributed by atoms with van der Waals surface area (Å²) < 4.78 is 35.2. The average molecular weight is 238 g/mol. The average Bonchev–Trinajstić information content (AvgIpc) is 2.07. The zero-order valence-electron chi connectivity index (χ0n) is 9.07. The number of hydrogen-bond acceptors (Lipinski definition) is 2. The predicted molar refractivity (Wildman–Crippen MR) is 53.9 cm³/mol. The van der Waals surface area contributed by atoms with Crippen LogP contribution < -0.4 is 10.6 Å². The molecule has 1 saturated carbocycles. The number of halogens is 3. The summed E-state index contributed by atoms with van der Waals surface area (Å²) >= 11 is 0. The monoisotopic (exact) mass is 238 g/mol. The van der Waals surface area contributed by atoms with E-state index < -0.39 is 12.7 Å². The largest absolute Gasteiger partial charge is 0.401 e. The number of carbonyl (C=O) groups excluding carboxylic acids is 1. The number of rotatable bonds is 6. The van der Waals surface area contributed by atoms with Crippen LogP contribution in [0.15, 0.2) is 0 Å². The lowest BCUT2D eigenvalue weighted by atomic mass is 9.83. The molecule has 0 aromatic carbocycles.